The lowest BCUT2D eigenvalue weighted by atomic mass is 10.2. The maximum atomic E-state index is 10.8. The van der Waals surface area contributed by atoms with Gasteiger partial charge in [0.25, 0.3) is 0 Å². The maximum Gasteiger partial charge on any atom is 0.303 e. The van der Waals surface area contributed by atoms with Gasteiger partial charge in [0.15, 0.2) is 12.4 Å². The summed E-state index contributed by atoms with van der Waals surface area (Å²) >= 11 is 2.00. The van der Waals surface area contributed by atoms with Gasteiger partial charge in [-0.3, -0.25) is 9.59 Å². The molecule has 1 rings (SSSR count). The zero-order valence-corrected chi connectivity index (χ0v) is 11.0. The van der Waals surface area contributed by atoms with Crippen LogP contribution in [0.25, 0.3) is 0 Å². The van der Waals surface area contributed by atoms with Gasteiger partial charge >= 0.3 is 11.9 Å². The molecule has 0 aliphatic carbocycles. The minimum atomic E-state index is -1.17. The molecular formula is C9H13IO6. The Bertz CT molecular complexity index is 281. The van der Waals surface area contributed by atoms with Crippen LogP contribution in [-0.4, -0.2) is 46.1 Å². The van der Waals surface area contributed by atoms with Gasteiger partial charge in [0, 0.05) is 13.8 Å². The fraction of sp³-hybridized carbons (Fsp3) is 0.778. The second-order valence-corrected chi connectivity index (χ2v) is 4.82. The molecule has 7 heteroatoms. The highest BCUT2D eigenvalue weighted by molar-refractivity contribution is 14.1. The van der Waals surface area contributed by atoms with Crippen molar-refractivity contribution in [3.05, 3.63) is 0 Å². The molecule has 1 heterocycles. The van der Waals surface area contributed by atoms with Crippen molar-refractivity contribution >= 4 is 34.5 Å². The van der Waals surface area contributed by atoms with Crippen LogP contribution in [0.1, 0.15) is 13.8 Å². The van der Waals surface area contributed by atoms with E-state index in [1.165, 1.54) is 13.8 Å². The Morgan fingerprint density at radius 1 is 1.38 bits per heavy atom. The Kier molecular flexibility index (Phi) is 4.93. The van der Waals surface area contributed by atoms with Crippen LogP contribution in [0, 0.1) is 0 Å². The highest BCUT2D eigenvalue weighted by Crippen LogP contribution is 2.29. The summed E-state index contributed by atoms with van der Waals surface area (Å²) in [6.07, 6.45) is -2.37. The number of hydrogen-bond acceptors (Lipinski definition) is 6. The lowest BCUT2D eigenvalue weighted by Crippen LogP contribution is -2.33. The van der Waals surface area contributed by atoms with Crippen LogP contribution in [0.2, 0.25) is 0 Å². The minimum absolute atomic E-state index is 0.0394. The summed E-state index contributed by atoms with van der Waals surface area (Å²) in [6, 6.07) is 0. The number of esters is 2. The summed E-state index contributed by atoms with van der Waals surface area (Å²) in [5, 5.41) is 9.50. The van der Waals surface area contributed by atoms with E-state index in [9.17, 15) is 14.7 Å². The quantitative estimate of drug-likeness (QED) is 0.441. The van der Waals surface area contributed by atoms with E-state index < -0.39 is 30.4 Å². The molecule has 1 saturated heterocycles. The van der Waals surface area contributed by atoms with Crippen LogP contribution in [0.15, 0.2) is 0 Å². The van der Waals surface area contributed by atoms with Gasteiger partial charge < -0.3 is 19.3 Å². The first-order valence-corrected chi connectivity index (χ1v) is 5.94. The SMILES string of the molecule is CC(=O)OC[C@H]1O[C@@H](O)[C@H](OC(C)=O)[C@H]1I. The standard InChI is InChI=1S/C9H13IO6/c1-4(11)14-3-6-7(10)8(9(13)16-6)15-5(2)12/h6-9,13H,3H2,1-2H3/t6-,7+,8-,9-/m1/s1. The molecule has 92 valence electrons. The second-order valence-electron chi connectivity index (χ2n) is 3.39. The molecule has 0 aromatic rings. The summed E-state index contributed by atoms with van der Waals surface area (Å²) in [5.41, 5.74) is 0. The lowest BCUT2D eigenvalue weighted by molar-refractivity contribution is -0.170. The van der Waals surface area contributed by atoms with E-state index in [0.717, 1.165) is 0 Å². The van der Waals surface area contributed by atoms with Crippen molar-refractivity contribution < 1.29 is 28.9 Å². The molecule has 1 aliphatic heterocycles. The molecule has 6 nitrogen and oxygen atoms in total. The smallest absolute Gasteiger partial charge is 0.303 e. The Hall–Kier alpha value is -0.410. The molecule has 16 heavy (non-hydrogen) atoms. The molecule has 0 spiro atoms. The third-order valence-electron chi connectivity index (χ3n) is 2.02. The van der Waals surface area contributed by atoms with Gasteiger partial charge in [-0.1, -0.05) is 22.6 Å². The van der Waals surface area contributed by atoms with Crippen molar-refractivity contribution in [1.29, 1.82) is 0 Å². The maximum absolute atomic E-state index is 10.8. The molecule has 1 N–H and O–H groups in total. The van der Waals surface area contributed by atoms with Crippen LogP contribution in [0.3, 0.4) is 0 Å². The zero-order chi connectivity index (χ0) is 12.3. The fourth-order valence-corrected chi connectivity index (χ4v) is 2.23. The van der Waals surface area contributed by atoms with E-state index in [1.54, 1.807) is 0 Å². The van der Waals surface area contributed by atoms with Crippen LogP contribution < -0.4 is 0 Å². The Balaban J connectivity index is 2.52. The molecular weight excluding hydrogens is 331 g/mol. The third-order valence-corrected chi connectivity index (χ3v) is 3.53. The summed E-state index contributed by atoms with van der Waals surface area (Å²) in [7, 11) is 0. The van der Waals surface area contributed by atoms with Crippen molar-refractivity contribution in [3.63, 3.8) is 0 Å². The molecule has 0 amide bonds. The summed E-state index contributed by atoms with van der Waals surface area (Å²) < 4.78 is 14.6. The van der Waals surface area contributed by atoms with Gasteiger partial charge in [-0.15, -0.1) is 0 Å². The van der Waals surface area contributed by atoms with Gasteiger partial charge in [-0.25, -0.2) is 0 Å². The highest BCUT2D eigenvalue weighted by Gasteiger charge is 2.45. The fourth-order valence-electron chi connectivity index (χ4n) is 1.35. The number of halogens is 1. The van der Waals surface area contributed by atoms with Crippen LogP contribution in [-0.2, 0) is 23.8 Å². The first kappa shape index (κ1) is 13.7. The molecule has 0 bridgehead atoms. The molecule has 0 aromatic carbocycles. The highest BCUT2D eigenvalue weighted by atomic mass is 127. The second kappa shape index (κ2) is 5.78. The van der Waals surface area contributed by atoms with Crippen LogP contribution in [0.5, 0.6) is 0 Å². The van der Waals surface area contributed by atoms with E-state index in [-0.39, 0.29) is 10.5 Å². The lowest BCUT2D eigenvalue weighted by Gasteiger charge is -2.16. The van der Waals surface area contributed by atoms with Crippen molar-refractivity contribution in [2.24, 2.45) is 0 Å². The Morgan fingerprint density at radius 2 is 2.00 bits per heavy atom. The number of aliphatic hydroxyl groups excluding tert-OH is 1. The predicted molar refractivity (Wildman–Crippen MR) is 60.9 cm³/mol. The van der Waals surface area contributed by atoms with Gasteiger partial charge in [0.1, 0.15) is 12.7 Å². The molecule has 0 aromatic heterocycles. The van der Waals surface area contributed by atoms with Crippen LogP contribution in [0.4, 0.5) is 0 Å². The van der Waals surface area contributed by atoms with E-state index in [1.807, 2.05) is 22.6 Å². The average Bonchev–Trinajstić information content (AvgIpc) is 2.42. The first-order valence-electron chi connectivity index (χ1n) is 4.70. The number of rotatable bonds is 3. The van der Waals surface area contributed by atoms with Gasteiger partial charge in [0.2, 0.25) is 0 Å². The number of ether oxygens (including phenoxy) is 3. The van der Waals surface area contributed by atoms with E-state index in [2.05, 4.69) is 0 Å². The third kappa shape index (κ3) is 3.56. The average molecular weight is 344 g/mol. The van der Waals surface area contributed by atoms with Gasteiger partial charge in [0.05, 0.1) is 3.92 Å². The zero-order valence-electron chi connectivity index (χ0n) is 8.88. The predicted octanol–water partition coefficient (Wildman–Crippen LogP) is 0.00200. The van der Waals surface area contributed by atoms with E-state index >= 15 is 0 Å². The summed E-state index contributed by atoms with van der Waals surface area (Å²) in [4.78, 5) is 21.4. The van der Waals surface area contributed by atoms with Crippen molar-refractivity contribution in [3.8, 4) is 0 Å². The van der Waals surface area contributed by atoms with Crippen molar-refractivity contribution in [2.45, 2.75) is 36.3 Å². The topological polar surface area (TPSA) is 82.1 Å². The monoisotopic (exact) mass is 344 g/mol. The number of hydrogen-bond donors (Lipinski definition) is 1. The Morgan fingerprint density at radius 3 is 2.50 bits per heavy atom. The van der Waals surface area contributed by atoms with Crippen molar-refractivity contribution in [2.75, 3.05) is 6.61 Å². The Labute approximate surface area is 106 Å². The van der Waals surface area contributed by atoms with E-state index in [4.69, 9.17) is 14.2 Å². The summed E-state index contributed by atoms with van der Waals surface area (Å²) in [6.45, 7) is 2.59. The number of aliphatic hydroxyl groups is 1. The molecule has 1 fully saturated rings. The number of carbonyl (C=O) groups excluding carboxylic acids is 2. The van der Waals surface area contributed by atoms with Crippen molar-refractivity contribution in [1.82, 2.24) is 0 Å². The van der Waals surface area contributed by atoms with Gasteiger partial charge in [-0.05, 0) is 0 Å². The van der Waals surface area contributed by atoms with Gasteiger partial charge in [-0.2, -0.15) is 0 Å². The first-order chi connectivity index (χ1) is 7.41. The van der Waals surface area contributed by atoms with Crippen LogP contribution >= 0.6 is 22.6 Å². The normalized spacial score (nSPS) is 33.5. The molecule has 0 saturated carbocycles. The summed E-state index contributed by atoms with van der Waals surface area (Å²) in [5.74, 6) is -0.903. The largest absolute Gasteiger partial charge is 0.463 e. The number of carbonyl (C=O) groups is 2. The molecule has 1 aliphatic rings. The molecule has 0 unspecified atom stereocenters. The molecule has 0 radical (unpaired) electrons. The molecule has 4 atom stereocenters. The number of alkyl halides is 1. The van der Waals surface area contributed by atoms with E-state index in [0.29, 0.717) is 0 Å². The minimum Gasteiger partial charge on any atom is -0.463 e.